The molecule has 2 heterocycles. The van der Waals surface area contributed by atoms with Crippen molar-refractivity contribution >= 4 is 11.6 Å². The largest absolute Gasteiger partial charge is 0.454 e. The van der Waals surface area contributed by atoms with Crippen molar-refractivity contribution in [2.75, 3.05) is 31.1 Å². The van der Waals surface area contributed by atoms with Crippen LogP contribution in [0.25, 0.3) is 0 Å². The third kappa shape index (κ3) is 4.22. The minimum atomic E-state index is -4.86. The average molecular weight is 329 g/mol. The predicted octanol–water partition coefficient (Wildman–Crippen LogP) is 3.14. The van der Waals surface area contributed by atoms with Crippen LogP contribution < -0.4 is 4.90 Å². The van der Waals surface area contributed by atoms with Crippen molar-refractivity contribution in [3.63, 3.8) is 0 Å². The molecule has 128 valence electrons. The van der Waals surface area contributed by atoms with Crippen LogP contribution in [0.2, 0.25) is 0 Å². The number of hydrogen-bond donors (Lipinski definition) is 0. The molecule has 2 rings (SSSR count). The number of Topliss-reactive ketones (excluding diaryl/α,β-unsaturated/α-hetero) is 1. The molecule has 1 aliphatic heterocycles. The Bertz CT molecular complexity index is 518. The van der Waals surface area contributed by atoms with E-state index < -0.39 is 17.5 Å². The topological polar surface area (TPSA) is 36.4 Å². The van der Waals surface area contributed by atoms with E-state index in [4.69, 9.17) is 0 Å². The van der Waals surface area contributed by atoms with E-state index in [2.05, 4.69) is 28.6 Å². The SMILES string of the molecule is CCN(CC)C1CCN(c2ccc(C(=O)C(F)(F)F)cn2)CC1. The van der Waals surface area contributed by atoms with Crippen LogP contribution in [0.4, 0.5) is 19.0 Å². The van der Waals surface area contributed by atoms with Crippen molar-refractivity contribution < 1.29 is 18.0 Å². The molecular formula is C16H22F3N3O. The maximum absolute atomic E-state index is 12.4. The minimum Gasteiger partial charge on any atom is -0.357 e. The number of ketones is 1. The summed E-state index contributed by atoms with van der Waals surface area (Å²) in [6.45, 7) is 7.98. The first kappa shape index (κ1) is 17.7. The van der Waals surface area contributed by atoms with Gasteiger partial charge in [0.15, 0.2) is 0 Å². The zero-order valence-electron chi connectivity index (χ0n) is 13.4. The Hall–Kier alpha value is -1.63. The molecule has 0 saturated carbocycles. The summed E-state index contributed by atoms with van der Waals surface area (Å²) in [5, 5.41) is 0. The summed E-state index contributed by atoms with van der Waals surface area (Å²) in [7, 11) is 0. The molecule has 1 saturated heterocycles. The number of anilines is 1. The fourth-order valence-electron chi connectivity index (χ4n) is 3.07. The van der Waals surface area contributed by atoms with Gasteiger partial charge in [0.25, 0.3) is 5.78 Å². The van der Waals surface area contributed by atoms with Crippen LogP contribution in [-0.4, -0.2) is 54.1 Å². The van der Waals surface area contributed by atoms with E-state index in [0.717, 1.165) is 45.2 Å². The highest BCUT2D eigenvalue weighted by Crippen LogP contribution is 2.24. The van der Waals surface area contributed by atoms with Gasteiger partial charge in [0.1, 0.15) is 5.82 Å². The maximum atomic E-state index is 12.4. The van der Waals surface area contributed by atoms with Gasteiger partial charge in [0, 0.05) is 30.9 Å². The first-order valence-corrected chi connectivity index (χ1v) is 7.93. The molecule has 0 atom stereocenters. The Balaban J connectivity index is 1.98. The van der Waals surface area contributed by atoms with E-state index in [0.29, 0.717) is 11.9 Å². The van der Waals surface area contributed by atoms with E-state index >= 15 is 0 Å². The molecule has 0 aromatic carbocycles. The van der Waals surface area contributed by atoms with Crippen molar-refractivity contribution in [3.8, 4) is 0 Å². The highest BCUT2D eigenvalue weighted by Gasteiger charge is 2.39. The van der Waals surface area contributed by atoms with Gasteiger partial charge in [-0.1, -0.05) is 13.8 Å². The molecule has 7 heteroatoms. The van der Waals surface area contributed by atoms with Crippen LogP contribution in [0.15, 0.2) is 18.3 Å². The smallest absolute Gasteiger partial charge is 0.357 e. The molecule has 0 unspecified atom stereocenters. The summed E-state index contributed by atoms with van der Waals surface area (Å²) in [6, 6.07) is 3.25. The van der Waals surface area contributed by atoms with Crippen molar-refractivity contribution in [3.05, 3.63) is 23.9 Å². The van der Waals surface area contributed by atoms with Crippen LogP contribution in [0, 0.1) is 0 Å². The average Bonchev–Trinajstić information content (AvgIpc) is 2.55. The number of carbonyl (C=O) groups is 1. The molecule has 1 fully saturated rings. The van der Waals surface area contributed by atoms with Crippen molar-refractivity contribution in [1.29, 1.82) is 0 Å². The number of rotatable bonds is 5. The van der Waals surface area contributed by atoms with Crippen molar-refractivity contribution in [2.45, 2.75) is 38.9 Å². The van der Waals surface area contributed by atoms with E-state index in [1.165, 1.54) is 12.1 Å². The van der Waals surface area contributed by atoms with E-state index in [9.17, 15) is 18.0 Å². The molecule has 1 aromatic heterocycles. The molecule has 0 amide bonds. The molecule has 0 N–H and O–H groups in total. The van der Waals surface area contributed by atoms with Gasteiger partial charge < -0.3 is 9.80 Å². The normalized spacial score (nSPS) is 16.9. The number of piperidine rings is 1. The van der Waals surface area contributed by atoms with Gasteiger partial charge in [0.2, 0.25) is 0 Å². The lowest BCUT2D eigenvalue weighted by Gasteiger charge is -2.38. The molecule has 0 radical (unpaired) electrons. The van der Waals surface area contributed by atoms with Crippen molar-refractivity contribution in [1.82, 2.24) is 9.88 Å². The lowest BCUT2D eigenvalue weighted by atomic mass is 10.0. The zero-order chi connectivity index (χ0) is 17.0. The maximum Gasteiger partial charge on any atom is 0.454 e. The highest BCUT2D eigenvalue weighted by atomic mass is 19.4. The molecule has 1 aromatic rings. The fourth-order valence-corrected chi connectivity index (χ4v) is 3.07. The van der Waals surface area contributed by atoms with E-state index in [-0.39, 0.29) is 0 Å². The van der Waals surface area contributed by atoms with Gasteiger partial charge in [0.05, 0.1) is 0 Å². The molecule has 1 aliphatic rings. The molecule has 23 heavy (non-hydrogen) atoms. The number of hydrogen-bond acceptors (Lipinski definition) is 4. The summed E-state index contributed by atoms with van der Waals surface area (Å²) >= 11 is 0. The first-order valence-electron chi connectivity index (χ1n) is 7.93. The number of nitrogens with zero attached hydrogens (tertiary/aromatic N) is 3. The second-order valence-corrected chi connectivity index (χ2v) is 5.67. The second-order valence-electron chi connectivity index (χ2n) is 5.67. The molecule has 0 bridgehead atoms. The lowest BCUT2D eigenvalue weighted by Crippen LogP contribution is -2.45. The number of halogens is 3. The van der Waals surface area contributed by atoms with Gasteiger partial charge in [-0.3, -0.25) is 4.79 Å². The summed E-state index contributed by atoms with van der Waals surface area (Å²) in [5.74, 6) is -1.22. The van der Waals surface area contributed by atoms with Gasteiger partial charge in [-0.05, 0) is 38.1 Å². The van der Waals surface area contributed by atoms with Gasteiger partial charge >= 0.3 is 6.18 Å². The van der Waals surface area contributed by atoms with Gasteiger partial charge in [-0.2, -0.15) is 13.2 Å². The number of alkyl halides is 3. The third-order valence-electron chi connectivity index (χ3n) is 4.38. The second kappa shape index (κ2) is 7.29. The molecule has 4 nitrogen and oxygen atoms in total. The standard InChI is InChI=1S/C16H22F3N3O/c1-3-21(4-2)13-7-9-22(10-8-13)14-6-5-12(11-20-14)15(23)16(17,18)19/h5-6,11,13H,3-4,7-10H2,1-2H3. The molecule has 0 spiro atoms. The number of aromatic nitrogens is 1. The third-order valence-corrected chi connectivity index (χ3v) is 4.38. The Morgan fingerprint density at radius 3 is 2.30 bits per heavy atom. The Kier molecular flexibility index (Phi) is 5.62. The minimum absolute atomic E-state index is 0.417. The van der Waals surface area contributed by atoms with Crippen LogP contribution in [0.3, 0.4) is 0 Å². The quantitative estimate of drug-likeness (QED) is 0.778. The summed E-state index contributed by atoms with van der Waals surface area (Å²) in [6.07, 6.45) is -1.83. The zero-order valence-corrected chi connectivity index (χ0v) is 13.4. The summed E-state index contributed by atoms with van der Waals surface area (Å²) < 4.78 is 37.2. The number of pyridine rings is 1. The van der Waals surface area contributed by atoms with Crippen LogP contribution in [-0.2, 0) is 0 Å². The Labute approximate surface area is 134 Å². The van der Waals surface area contributed by atoms with Crippen LogP contribution >= 0.6 is 0 Å². The number of carbonyl (C=O) groups excluding carboxylic acids is 1. The summed E-state index contributed by atoms with van der Waals surface area (Å²) in [4.78, 5) is 19.7. The van der Waals surface area contributed by atoms with Crippen molar-refractivity contribution in [2.24, 2.45) is 0 Å². The fraction of sp³-hybridized carbons (Fsp3) is 0.625. The first-order chi connectivity index (χ1) is 10.9. The lowest BCUT2D eigenvalue weighted by molar-refractivity contribution is -0.0885. The monoisotopic (exact) mass is 329 g/mol. The molecule has 0 aliphatic carbocycles. The van der Waals surface area contributed by atoms with Crippen LogP contribution in [0.1, 0.15) is 37.0 Å². The van der Waals surface area contributed by atoms with Gasteiger partial charge in [-0.15, -0.1) is 0 Å². The van der Waals surface area contributed by atoms with Gasteiger partial charge in [-0.25, -0.2) is 4.98 Å². The Morgan fingerprint density at radius 1 is 1.26 bits per heavy atom. The van der Waals surface area contributed by atoms with Crippen LogP contribution in [0.5, 0.6) is 0 Å². The van der Waals surface area contributed by atoms with E-state index in [1.54, 1.807) is 0 Å². The summed E-state index contributed by atoms with van der Waals surface area (Å²) in [5.41, 5.74) is -0.417. The molecular weight excluding hydrogens is 307 g/mol. The highest BCUT2D eigenvalue weighted by molar-refractivity contribution is 6.00. The van der Waals surface area contributed by atoms with E-state index in [1.807, 2.05) is 0 Å². The predicted molar refractivity (Wildman–Crippen MR) is 82.8 cm³/mol. The Morgan fingerprint density at radius 2 is 1.87 bits per heavy atom.